The second-order valence-corrected chi connectivity index (χ2v) is 3.49. The molecule has 0 radical (unpaired) electrons. The molecule has 1 nitrogen and oxygen atoms in total. The fourth-order valence-electron chi connectivity index (χ4n) is 1.55. The van der Waals surface area contributed by atoms with Gasteiger partial charge in [-0.15, -0.1) is 19.0 Å². The van der Waals surface area contributed by atoms with E-state index in [1.807, 2.05) is 6.08 Å². The van der Waals surface area contributed by atoms with E-state index in [2.05, 4.69) is 38.6 Å². The molecule has 0 fully saturated rings. The van der Waals surface area contributed by atoms with Crippen molar-refractivity contribution in [2.75, 3.05) is 0 Å². The summed E-state index contributed by atoms with van der Waals surface area (Å²) in [7, 11) is 0. The summed E-state index contributed by atoms with van der Waals surface area (Å²) in [6.45, 7) is 7.89. The van der Waals surface area contributed by atoms with Crippen LogP contribution in [0.2, 0.25) is 0 Å². The van der Waals surface area contributed by atoms with Gasteiger partial charge >= 0.3 is 0 Å². The lowest BCUT2D eigenvalue weighted by Gasteiger charge is -2.13. The summed E-state index contributed by atoms with van der Waals surface area (Å²) in [4.78, 5) is 0. The molecule has 1 atom stereocenters. The van der Waals surface area contributed by atoms with Crippen LogP contribution in [0.15, 0.2) is 30.9 Å². The van der Waals surface area contributed by atoms with E-state index in [1.165, 1.54) is 16.7 Å². The Balaban J connectivity index is 0.00000169. The Morgan fingerprint density at radius 3 is 2.57 bits per heavy atom. The Bertz CT molecular complexity index is 307. The van der Waals surface area contributed by atoms with Gasteiger partial charge in [0, 0.05) is 6.04 Å². The third-order valence-corrected chi connectivity index (χ3v) is 2.25. The first-order chi connectivity index (χ1) is 6.15. The van der Waals surface area contributed by atoms with Crippen LogP contribution >= 0.6 is 12.4 Å². The smallest absolute Gasteiger partial charge is 0.0332 e. The standard InChI is InChI=1S/C12H17N.ClH/c1-4-5-12(13)11-7-6-9(2)8-10(11)3;/h4,6-8,12H,1,5,13H2,2-3H3;1H/t12-;/m0./s1. The number of aryl methyl sites for hydroxylation is 2. The van der Waals surface area contributed by atoms with Gasteiger partial charge in [0.2, 0.25) is 0 Å². The number of benzene rings is 1. The quantitative estimate of drug-likeness (QED) is 0.763. The van der Waals surface area contributed by atoms with Gasteiger partial charge in [-0.05, 0) is 31.4 Å². The summed E-state index contributed by atoms with van der Waals surface area (Å²) in [6.07, 6.45) is 2.70. The van der Waals surface area contributed by atoms with Crippen molar-refractivity contribution in [1.82, 2.24) is 0 Å². The molecule has 1 aromatic carbocycles. The molecule has 0 aliphatic carbocycles. The second-order valence-electron chi connectivity index (χ2n) is 3.49. The molecule has 0 bridgehead atoms. The van der Waals surface area contributed by atoms with Gasteiger partial charge < -0.3 is 5.73 Å². The fraction of sp³-hybridized carbons (Fsp3) is 0.333. The maximum absolute atomic E-state index is 5.99. The molecule has 0 aromatic heterocycles. The van der Waals surface area contributed by atoms with Crippen molar-refractivity contribution in [2.45, 2.75) is 26.3 Å². The minimum Gasteiger partial charge on any atom is -0.324 e. The topological polar surface area (TPSA) is 26.0 Å². The SMILES string of the molecule is C=CC[C@H](N)c1ccc(C)cc1C.Cl. The first-order valence-electron chi connectivity index (χ1n) is 4.58. The van der Waals surface area contributed by atoms with Gasteiger partial charge in [-0.3, -0.25) is 0 Å². The van der Waals surface area contributed by atoms with Gasteiger partial charge in [0.05, 0.1) is 0 Å². The van der Waals surface area contributed by atoms with E-state index in [0.29, 0.717) is 0 Å². The van der Waals surface area contributed by atoms with Crippen LogP contribution in [0.4, 0.5) is 0 Å². The lowest BCUT2D eigenvalue weighted by molar-refractivity contribution is 0.735. The Morgan fingerprint density at radius 1 is 1.43 bits per heavy atom. The van der Waals surface area contributed by atoms with Crippen molar-refractivity contribution in [3.05, 3.63) is 47.5 Å². The average molecular weight is 212 g/mol. The summed E-state index contributed by atoms with van der Waals surface area (Å²) in [5.41, 5.74) is 9.77. The molecule has 0 aliphatic heterocycles. The Hall–Kier alpha value is -0.790. The van der Waals surface area contributed by atoms with Gasteiger partial charge in [0.1, 0.15) is 0 Å². The Kier molecular flexibility index (Phi) is 5.51. The highest BCUT2D eigenvalue weighted by atomic mass is 35.5. The maximum atomic E-state index is 5.99. The highest BCUT2D eigenvalue weighted by Gasteiger charge is 2.06. The van der Waals surface area contributed by atoms with Gasteiger partial charge in [-0.25, -0.2) is 0 Å². The third kappa shape index (κ3) is 3.17. The predicted octanol–water partition coefficient (Wildman–Crippen LogP) is 3.30. The van der Waals surface area contributed by atoms with Crippen LogP contribution in [0, 0.1) is 13.8 Å². The number of halogens is 1. The third-order valence-electron chi connectivity index (χ3n) is 2.25. The summed E-state index contributed by atoms with van der Waals surface area (Å²) >= 11 is 0. The average Bonchev–Trinajstić information content (AvgIpc) is 2.04. The number of nitrogens with two attached hydrogens (primary N) is 1. The van der Waals surface area contributed by atoms with Crippen LogP contribution in [-0.4, -0.2) is 0 Å². The van der Waals surface area contributed by atoms with Crippen molar-refractivity contribution in [3.8, 4) is 0 Å². The van der Waals surface area contributed by atoms with Crippen molar-refractivity contribution in [2.24, 2.45) is 5.73 Å². The van der Waals surface area contributed by atoms with Crippen molar-refractivity contribution in [1.29, 1.82) is 0 Å². The first kappa shape index (κ1) is 13.2. The monoisotopic (exact) mass is 211 g/mol. The zero-order valence-electron chi connectivity index (χ0n) is 8.79. The van der Waals surface area contributed by atoms with E-state index in [-0.39, 0.29) is 18.4 Å². The van der Waals surface area contributed by atoms with Gasteiger partial charge in [-0.2, -0.15) is 0 Å². The lowest BCUT2D eigenvalue weighted by Crippen LogP contribution is -2.10. The number of rotatable bonds is 3. The molecular weight excluding hydrogens is 194 g/mol. The zero-order chi connectivity index (χ0) is 9.84. The molecular formula is C12H18ClN. The summed E-state index contributed by atoms with van der Waals surface area (Å²) in [6, 6.07) is 6.47. The van der Waals surface area contributed by atoms with Crippen LogP contribution in [0.1, 0.15) is 29.2 Å². The van der Waals surface area contributed by atoms with Gasteiger partial charge in [0.15, 0.2) is 0 Å². The molecule has 14 heavy (non-hydrogen) atoms. The summed E-state index contributed by atoms with van der Waals surface area (Å²) in [5, 5.41) is 0. The van der Waals surface area contributed by atoms with Crippen molar-refractivity contribution in [3.63, 3.8) is 0 Å². The second kappa shape index (κ2) is 5.84. The summed E-state index contributed by atoms with van der Waals surface area (Å²) in [5.74, 6) is 0. The van der Waals surface area contributed by atoms with Gasteiger partial charge in [-0.1, -0.05) is 29.8 Å². The predicted molar refractivity (Wildman–Crippen MR) is 64.9 cm³/mol. The molecule has 0 spiro atoms. The molecule has 0 unspecified atom stereocenters. The summed E-state index contributed by atoms with van der Waals surface area (Å²) < 4.78 is 0. The number of hydrogen-bond acceptors (Lipinski definition) is 1. The maximum Gasteiger partial charge on any atom is 0.0332 e. The number of hydrogen-bond donors (Lipinski definition) is 1. The largest absolute Gasteiger partial charge is 0.324 e. The van der Waals surface area contributed by atoms with E-state index in [9.17, 15) is 0 Å². The van der Waals surface area contributed by atoms with E-state index in [0.717, 1.165) is 6.42 Å². The minimum absolute atomic E-state index is 0. The molecule has 78 valence electrons. The van der Waals surface area contributed by atoms with Crippen LogP contribution in [-0.2, 0) is 0 Å². The lowest BCUT2D eigenvalue weighted by atomic mass is 9.98. The van der Waals surface area contributed by atoms with E-state index in [4.69, 9.17) is 5.73 Å². The van der Waals surface area contributed by atoms with Crippen molar-refractivity contribution >= 4 is 12.4 Å². The van der Waals surface area contributed by atoms with Crippen LogP contribution in [0.3, 0.4) is 0 Å². The molecule has 0 heterocycles. The molecule has 0 aliphatic rings. The van der Waals surface area contributed by atoms with E-state index >= 15 is 0 Å². The van der Waals surface area contributed by atoms with Crippen LogP contribution in [0.25, 0.3) is 0 Å². The highest BCUT2D eigenvalue weighted by molar-refractivity contribution is 5.85. The normalized spacial score (nSPS) is 11.6. The molecule has 0 amide bonds. The molecule has 0 saturated carbocycles. The van der Waals surface area contributed by atoms with E-state index in [1.54, 1.807) is 0 Å². The van der Waals surface area contributed by atoms with E-state index < -0.39 is 0 Å². The minimum atomic E-state index is 0. The molecule has 0 saturated heterocycles. The molecule has 2 heteroatoms. The van der Waals surface area contributed by atoms with Crippen molar-refractivity contribution < 1.29 is 0 Å². The van der Waals surface area contributed by atoms with Gasteiger partial charge in [0.25, 0.3) is 0 Å². The molecule has 1 aromatic rings. The van der Waals surface area contributed by atoms with Crippen LogP contribution in [0.5, 0.6) is 0 Å². The highest BCUT2D eigenvalue weighted by Crippen LogP contribution is 2.19. The van der Waals surface area contributed by atoms with Crippen LogP contribution < -0.4 is 5.73 Å². The molecule has 1 rings (SSSR count). The Labute approximate surface area is 92.4 Å². The Morgan fingerprint density at radius 2 is 2.07 bits per heavy atom. The fourth-order valence-corrected chi connectivity index (χ4v) is 1.55. The molecule has 2 N–H and O–H groups in total. The first-order valence-corrected chi connectivity index (χ1v) is 4.58. The zero-order valence-corrected chi connectivity index (χ0v) is 9.60.